The highest BCUT2D eigenvalue weighted by atomic mass is 32.2. The SMILES string of the molecule is CSc1cccc(NC(=O)CNC(=O)C(=O)NC2CCCC2)c1. The van der Waals surface area contributed by atoms with Crippen LogP contribution in [0.25, 0.3) is 0 Å². The Balaban J connectivity index is 1.74. The van der Waals surface area contributed by atoms with Crippen molar-refractivity contribution in [3.05, 3.63) is 24.3 Å². The Kier molecular flexibility index (Phi) is 6.46. The zero-order valence-corrected chi connectivity index (χ0v) is 13.9. The van der Waals surface area contributed by atoms with Gasteiger partial charge in [-0.05, 0) is 37.3 Å². The summed E-state index contributed by atoms with van der Waals surface area (Å²) in [6, 6.07) is 7.48. The van der Waals surface area contributed by atoms with Crippen molar-refractivity contribution in [2.45, 2.75) is 36.6 Å². The van der Waals surface area contributed by atoms with Gasteiger partial charge in [-0.25, -0.2) is 0 Å². The van der Waals surface area contributed by atoms with E-state index in [-0.39, 0.29) is 18.5 Å². The predicted octanol–water partition coefficient (Wildman–Crippen LogP) is 1.52. The number of benzene rings is 1. The van der Waals surface area contributed by atoms with Crippen LogP contribution in [0.2, 0.25) is 0 Å². The Morgan fingerprint density at radius 1 is 1.17 bits per heavy atom. The summed E-state index contributed by atoms with van der Waals surface area (Å²) in [5.41, 5.74) is 0.659. The Hall–Kier alpha value is -2.02. The van der Waals surface area contributed by atoms with Crippen LogP contribution in [0.4, 0.5) is 5.69 Å². The molecule has 1 aliphatic carbocycles. The third-order valence-corrected chi connectivity index (χ3v) is 4.38. The second kappa shape index (κ2) is 8.57. The maximum Gasteiger partial charge on any atom is 0.309 e. The number of nitrogens with one attached hydrogen (secondary N) is 3. The molecule has 23 heavy (non-hydrogen) atoms. The van der Waals surface area contributed by atoms with E-state index in [9.17, 15) is 14.4 Å². The van der Waals surface area contributed by atoms with Gasteiger partial charge in [0.15, 0.2) is 0 Å². The fourth-order valence-corrected chi connectivity index (χ4v) is 2.93. The van der Waals surface area contributed by atoms with Crippen molar-refractivity contribution in [1.29, 1.82) is 0 Å². The maximum absolute atomic E-state index is 11.8. The Morgan fingerprint density at radius 3 is 2.61 bits per heavy atom. The van der Waals surface area contributed by atoms with E-state index in [2.05, 4.69) is 16.0 Å². The molecule has 1 aromatic carbocycles. The largest absolute Gasteiger partial charge is 0.345 e. The van der Waals surface area contributed by atoms with Gasteiger partial charge in [0.2, 0.25) is 5.91 Å². The predicted molar refractivity (Wildman–Crippen MR) is 90.3 cm³/mol. The second-order valence-corrected chi connectivity index (χ2v) is 6.30. The van der Waals surface area contributed by atoms with E-state index in [0.717, 1.165) is 30.6 Å². The molecular weight excluding hydrogens is 314 g/mol. The number of thioether (sulfide) groups is 1. The zero-order chi connectivity index (χ0) is 16.7. The van der Waals surface area contributed by atoms with E-state index in [1.165, 1.54) is 0 Å². The smallest absolute Gasteiger partial charge is 0.309 e. The van der Waals surface area contributed by atoms with Crippen LogP contribution in [0.15, 0.2) is 29.2 Å². The molecule has 0 atom stereocenters. The number of hydrogen-bond donors (Lipinski definition) is 3. The molecular formula is C16H21N3O3S. The second-order valence-electron chi connectivity index (χ2n) is 5.42. The molecule has 3 amide bonds. The number of anilines is 1. The molecule has 124 valence electrons. The summed E-state index contributed by atoms with van der Waals surface area (Å²) in [6.07, 6.45) is 5.91. The van der Waals surface area contributed by atoms with Crippen LogP contribution >= 0.6 is 11.8 Å². The molecule has 0 aromatic heterocycles. The van der Waals surface area contributed by atoms with E-state index in [0.29, 0.717) is 5.69 Å². The average molecular weight is 335 g/mol. The Morgan fingerprint density at radius 2 is 1.91 bits per heavy atom. The normalized spacial score (nSPS) is 14.3. The lowest BCUT2D eigenvalue weighted by molar-refractivity contribution is -0.140. The van der Waals surface area contributed by atoms with Gasteiger partial charge in [-0.3, -0.25) is 14.4 Å². The molecule has 0 spiro atoms. The fourth-order valence-electron chi connectivity index (χ4n) is 2.47. The van der Waals surface area contributed by atoms with Crippen LogP contribution in [0.3, 0.4) is 0 Å². The Labute approximate surface area is 139 Å². The Bertz CT molecular complexity index is 586. The molecule has 0 unspecified atom stereocenters. The maximum atomic E-state index is 11.8. The monoisotopic (exact) mass is 335 g/mol. The number of hydrogen-bond acceptors (Lipinski definition) is 4. The number of amides is 3. The van der Waals surface area contributed by atoms with Gasteiger partial charge in [0.1, 0.15) is 0 Å². The summed E-state index contributed by atoms with van der Waals surface area (Å²) in [6.45, 7) is -0.236. The minimum Gasteiger partial charge on any atom is -0.345 e. The van der Waals surface area contributed by atoms with Gasteiger partial charge >= 0.3 is 11.8 Å². The third-order valence-electron chi connectivity index (χ3n) is 3.66. The summed E-state index contributed by atoms with van der Waals surface area (Å²) in [5.74, 6) is -1.82. The van der Waals surface area contributed by atoms with E-state index in [4.69, 9.17) is 0 Å². The van der Waals surface area contributed by atoms with E-state index in [1.807, 2.05) is 24.5 Å². The molecule has 1 aromatic rings. The summed E-state index contributed by atoms with van der Waals surface area (Å²) in [7, 11) is 0. The van der Waals surface area contributed by atoms with Crippen LogP contribution in [-0.2, 0) is 14.4 Å². The number of rotatable bonds is 5. The van der Waals surface area contributed by atoms with Crippen molar-refractivity contribution in [3.63, 3.8) is 0 Å². The van der Waals surface area contributed by atoms with Gasteiger partial charge in [-0.15, -0.1) is 11.8 Å². The fraction of sp³-hybridized carbons (Fsp3) is 0.438. The number of carbonyl (C=O) groups excluding carboxylic acids is 3. The van der Waals surface area contributed by atoms with Crippen molar-refractivity contribution < 1.29 is 14.4 Å². The molecule has 0 bridgehead atoms. The highest BCUT2D eigenvalue weighted by Gasteiger charge is 2.21. The quantitative estimate of drug-likeness (QED) is 0.562. The lowest BCUT2D eigenvalue weighted by atomic mass is 10.2. The van der Waals surface area contributed by atoms with Crippen LogP contribution in [0, 0.1) is 0 Å². The van der Waals surface area contributed by atoms with E-state index in [1.54, 1.807) is 17.8 Å². The molecule has 1 fully saturated rings. The van der Waals surface area contributed by atoms with Crippen LogP contribution in [-0.4, -0.2) is 36.6 Å². The average Bonchev–Trinajstić information content (AvgIpc) is 3.05. The minimum atomic E-state index is -0.773. The third kappa shape index (κ3) is 5.59. The highest BCUT2D eigenvalue weighted by molar-refractivity contribution is 7.98. The summed E-state index contributed by atoms with van der Waals surface area (Å²) in [4.78, 5) is 36.2. The van der Waals surface area contributed by atoms with Crippen LogP contribution < -0.4 is 16.0 Å². The lowest BCUT2D eigenvalue weighted by Crippen LogP contribution is -2.45. The lowest BCUT2D eigenvalue weighted by Gasteiger charge is -2.11. The molecule has 0 radical (unpaired) electrons. The zero-order valence-electron chi connectivity index (χ0n) is 13.1. The highest BCUT2D eigenvalue weighted by Crippen LogP contribution is 2.19. The molecule has 0 saturated heterocycles. The topological polar surface area (TPSA) is 87.3 Å². The van der Waals surface area contributed by atoms with E-state index >= 15 is 0 Å². The summed E-state index contributed by atoms with van der Waals surface area (Å²) >= 11 is 1.57. The molecule has 1 aliphatic rings. The molecule has 7 heteroatoms. The van der Waals surface area contributed by atoms with Gasteiger partial charge in [0.25, 0.3) is 0 Å². The van der Waals surface area contributed by atoms with Crippen molar-refractivity contribution in [2.24, 2.45) is 0 Å². The van der Waals surface area contributed by atoms with Crippen LogP contribution in [0.1, 0.15) is 25.7 Å². The van der Waals surface area contributed by atoms with Gasteiger partial charge in [0, 0.05) is 16.6 Å². The minimum absolute atomic E-state index is 0.0800. The number of carbonyl (C=O) groups is 3. The first kappa shape index (κ1) is 17.3. The molecule has 3 N–H and O–H groups in total. The van der Waals surface area contributed by atoms with Crippen molar-refractivity contribution >= 4 is 35.2 Å². The van der Waals surface area contributed by atoms with Gasteiger partial charge < -0.3 is 16.0 Å². The first-order valence-corrected chi connectivity index (χ1v) is 8.83. The standard InChI is InChI=1S/C16H21N3O3S/c1-23-13-8-4-7-12(9-13)18-14(20)10-17-15(21)16(22)19-11-5-2-3-6-11/h4,7-9,11H,2-3,5-6,10H2,1H3,(H,17,21)(H,18,20)(H,19,22). The molecule has 0 heterocycles. The van der Waals surface area contributed by atoms with Crippen molar-refractivity contribution in [2.75, 3.05) is 18.1 Å². The van der Waals surface area contributed by atoms with Gasteiger partial charge in [-0.1, -0.05) is 18.9 Å². The van der Waals surface area contributed by atoms with Gasteiger partial charge in [-0.2, -0.15) is 0 Å². The molecule has 2 rings (SSSR count). The van der Waals surface area contributed by atoms with Crippen LogP contribution in [0.5, 0.6) is 0 Å². The first-order valence-electron chi connectivity index (χ1n) is 7.61. The summed E-state index contributed by atoms with van der Waals surface area (Å²) < 4.78 is 0. The first-order chi connectivity index (χ1) is 11.1. The summed E-state index contributed by atoms with van der Waals surface area (Å²) in [5, 5.41) is 7.70. The molecule has 1 saturated carbocycles. The van der Waals surface area contributed by atoms with Crippen molar-refractivity contribution in [1.82, 2.24) is 10.6 Å². The van der Waals surface area contributed by atoms with Crippen molar-refractivity contribution in [3.8, 4) is 0 Å². The van der Waals surface area contributed by atoms with E-state index < -0.39 is 11.8 Å². The molecule has 0 aliphatic heterocycles. The molecule has 6 nitrogen and oxygen atoms in total. The van der Waals surface area contributed by atoms with Gasteiger partial charge in [0.05, 0.1) is 6.54 Å².